The largest absolute Gasteiger partial charge is 0.463 e. The van der Waals surface area contributed by atoms with Crippen molar-refractivity contribution in [2.75, 3.05) is 7.11 Å². The summed E-state index contributed by atoms with van der Waals surface area (Å²) in [5.74, 6) is 0.515. The van der Waals surface area contributed by atoms with Gasteiger partial charge < -0.3 is 18.9 Å². The van der Waals surface area contributed by atoms with Crippen molar-refractivity contribution < 1.29 is 33.3 Å². The summed E-state index contributed by atoms with van der Waals surface area (Å²) in [6.45, 7) is 8.98. The molecule has 0 aliphatic heterocycles. The molecule has 186 valence electrons. The number of esters is 3. The molecule has 0 heterocycles. The Bertz CT molecular complexity index is 796. The minimum absolute atomic E-state index is 0.00612. The van der Waals surface area contributed by atoms with Crippen LogP contribution in [0.15, 0.2) is 0 Å². The van der Waals surface area contributed by atoms with Crippen molar-refractivity contribution in [3.8, 4) is 0 Å². The maximum Gasteiger partial charge on any atom is 0.302 e. The summed E-state index contributed by atoms with van der Waals surface area (Å²) in [4.78, 5) is 35.7. The van der Waals surface area contributed by atoms with E-state index in [4.69, 9.17) is 18.9 Å². The van der Waals surface area contributed by atoms with Crippen molar-refractivity contribution in [3.63, 3.8) is 0 Å². The monoisotopic (exact) mass is 464 g/mol. The molecule has 0 bridgehead atoms. The molecule has 0 amide bonds. The van der Waals surface area contributed by atoms with Crippen LogP contribution in [0.2, 0.25) is 0 Å². The summed E-state index contributed by atoms with van der Waals surface area (Å²) in [7, 11) is 1.70. The fourth-order valence-corrected chi connectivity index (χ4v) is 8.55. The van der Waals surface area contributed by atoms with Crippen LogP contribution in [-0.2, 0) is 33.3 Å². The summed E-state index contributed by atoms with van der Waals surface area (Å²) in [6.07, 6.45) is 5.63. The van der Waals surface area contributed by atoms with E-state index >= 15 is 0 Å². The molecule has 0 N–H and O–H groups in total. The molecule has 0 aromatic carbocycles. The second kappa shape index (κ2) is 8.86. The Hall–Kier alpha value is -1.63. The minimum atomic E-state index is -0.403. The Balaban J connectivity index is 1.69. The smallest absolute Gasteiger partial charge is 0.302 e. The van der Waals surface area contributed by atoms with E-state index < -0.39 is 5.41 Å². The van der Waals surface area contributed by atoms with Crippen LogP contribution in [0.3, 0.4) is 0 Å². The standard InChI is InChI=1S/C26H40O7/c1-14(27)31-18-9-10-25(4)17(11-18)7-8-19-20(25)12-23(33-16(3)29)26(5)22(30-6)13-21(24(19)26)32-15(2)28/h17-24H,7-13H2,1-6H3/t17-,18+,19+,20-,21-,22-,23-,24+,25-,26-/m0/s1. The number of carbonyl (C=O) groups is 3. The van der Waals surface area contributed by atoms with E-state index in [1.165, 1.54) is 20.8 Å². The molecule has 7 nitrogen and oxygen atoms in total. The normalized spacial score (nSPS) is 46.4. The molecule has 7 heteroatoms. The predicted molar refractivity (Wildman–Crippen MR) is 120 cm³/mol. The van der Waals surface area contributed by atoms with Crippen LogP contribution in [0.25, 0.3) is 0 Å². The van der Waals surface area contributed by atoms with Gasteiger partial charge >= 0.3 is 17.9 Å². The van der Waals surface area contributed by atoms with Gasteiger partial charge in [-0.2, -0.15) is 0 Å². The number of ether oxygens (including phenoxy) is 4. The van der Waals surface area contributed by atoms with E-state index in [-0.39, 0.29) is 53.7 Å². The lowest BCUT2D eigenvalue weighted by molar-refractivity contribution is -0.212. The highest BCUT2D eigenvalue weighted by molar-refractivity contribution is 5.67. The first kappa shape index (κ1) is 24.5. The predicted octanol–water partition coefficient (Wildman–Crippen LogP) is 4.06. The summed E-state index contributed by atoms with van der Waals surface area (Å²) in [6, 6.07) is 0. The molecule has 4 fully saturated rings. The van der Waals surface area contributed by atoms with Crippen LogP contribution in [-0.4, -0.2) is 49.4 Å². The fraction of sp³-hybridized carbons (Fsp3) is 0.885. The van der Waals surface area contributed by atoms with Gasteiger partial charge in [0, 0.05) is 45.6 Å². The first-order valence-corrected chi connectivity index (χ1v) is 12.5. The van der Waals surface area contributed by atoms with Crippen molar-refractivity contribution in [1.29, 1.82) is 0 Å². The molecule has 4 saturated carbocycles. The highest BCUT2D eigenvalue weighted by Crippen LogP contribution is 2.67. The average Bonchev–Trinajstić information content (AvgIpc) is 3.00. The molecule has 4 aliphatic carbocycles. The highest BCUT2D eigenvalue weighted by Gasteiger charge is 2.68. The van der Waals surface area contributed by atoms with Crippen molar-refractivity contribution in [2.24, 2.45) is 34.5 Å². The number of rotatable bonds is 4. The molecule has 0 unspecified atom stereocenters. The lowest BCUT2D eigenvalue weighted by atomic mass is 9.44. The lowest BCUT2D eigenvalue weighted by Gasteiger charge is -2.62. The molecule has 0 spiro atoms. The number of methoxy groups -OCH3 is 1. The first-order valence-electron chi connectivity index (χ1n) is 12.5. The van der Waals surface area contributed by atoms with Gasteiger partial charge in [0.1, 0.15) is 18.3 Å². The van der Waals surface area contributed by atoms with Crippen LogP contribution in [0.5, 0.6) is 0 Å². The molecular weight excluding hydrogens is 424 g/mol. The second-order valence-corrected chi connectivity index (χ2v) is 11.4. The van der Waals surface area contributed by atoms with Gasteiger partial charge in [-0.05, 0) is 61.7 Å². The zero-order chi connectivity index (χ0) is 24.1. The average molecular weight is 465 g/mol. The van der Waals surface area contributed by atoms with Gasteiger partial charge in [0.25, 0.3) is 0 Å². The lowest BCUT2D eigenvalue weighted by Crippen LogP contribution is -2.61. The van der Waals surface area contributed by atoms with Gasteiger partial charge in [0.2, 0.25) is 0 Å². The third-order valence-electron chi connectivity index (χ3n) is 9.82. The van der Waals surface area contributed by atoms with Crippen LogP contribution in [0.4, 0.5) is 0 Å². The van der Waals surface area contributed by atoms with Crippen LogP contribution in [0, 0.1) is 34.5 Å². The Kier molecular flexibility index (Phi) is 6.58. The van der Waals surface area contributed by atoms with E-state index in [1.807, 2.05) is 0 Å². The number of hydrogen-bond donors (Lipinski definition) is 0. The molecule has 33 heavy (non-hydrogen) atoms. The van der Waals surface area contributed by atoms with E-state index in [1.54, 1.807) is 7.11 Å². The topological polar surface area (TPSA) is 88.1 Å². The van der Waals surface area contributed by atoms with E-state index in [0.29, 0.717) is 24.2 Å². The Morgan fingerprint density at radius 3 is 2.06 bits per heavy atom. The number of hydrogen-bond acceptors (Lipinski definition) is 7. The van der Waals surface area contributed by atoms with Gasteiger partial charge in [0.15, 0.2) is 0 Å². The SMILES string of the molecule is CO[C@H]1C[C@H](OC(C)=O)[C@H]2[C@@H]3CC[C@H]4C[C@H](OC(C)=O)CC[C@]4(C)[C@H]3C[C@H](OC(C)=O)[C@@]21C. The van der Waals surface area contributed by atoms with Crippen LogP contribution in [0.1, 0.15) is 79.6 Å². The fourth-order valence-electron chi connectivity index (χ4n) is 8.55. The van der Waals surface area contributed by atoms with Crippen molar-refractivity contribution in [1.82, 2.24) is 0 Å². The molecule has 4 aliphatic rings. The van der Waals surface area contributed by atoms with Crippen LogP contribution < -0.4 is 0 Å². The first-order chi connectivity index (χ1) is 15.5. The third-order valence-corrected chi connectivity index (χ3v) is 9.82. The summed E-state index contributed by atoms with van der Waals surface area (Å²) in [5, 5.41) is 0. The van der Waals surface area contributed by atoms with Crippen molar-refractivity contribution in [2.45, 2.75) is 104 Å². The summed E-state index contributed by atoms with van der Waals surface area (Å²) < 4.78 is 23.4. The minimum Gasteiger partial charge on any atom is -0.463 e. The third kappa shape index (κ3) is 4.08. The van der Waals surface area contributed by atoms with Crippen LogP contribution >= 0.6 is 0 Å². The number of fused-ring (bicyclic) bond motifs is 5. The second-order valence-electron chi connectivity index (χ2n) is 11.4. The molecular formula is C26H40O7. The maximum atomic E-state index is 12.2. The zero-order valence-electron chi connectivity index (χ0n) is 20.9. The van der Waals surface area contributed by atoms with E-state index in [9.17, 15) is 14.4 Å². The van der Waals surface area contributed by atoms with Gasteiger partial charge in [0.05, 0.1) is 6.10 Å². The van der Waals surface area contributed by atoms with E-state index in [0.717, 1.165) is 38.5 Å². The van der Waals surface area contributed by atoms with Gasteiger partial charge in [-0.3, -0.25) is 14.4 Å². The van der Waals surface area contributed by atoms with Gasteiger partial charge in [-0.1, -0.05) is 13.8 Å². The summed E-state index contributed by atoms with van der Waals surface area (Å²) >= 11 is 0. The molecule has 0 aromatic heterocycles. The number of carbonyl (C=O) groups excluding carboxylic acids is 3. The van der Waals surface area contributed by atoms with Crippen molar-refractivity contribution in [3.05, 3.63) is 0 Å². The molecule has 10 atom stereocenters. The maximum absolute atomic E-state index is 12.2. The Morgan fingerprint density at radius 2 is 1.45 bits per heavy atom. The molecule has 4 rings (SSSR count). The molecule has 0 radical (unpaired) electrons. The molecule has 0 aromatic rings. The Morgan fingerprint density at radius 1 is 0.788 bits per heavy atom. The van der Waals surface area contributed by atoms with Crippen molar-refractivity contribution >= 4 is 17.9 Å². The molecule has 0 saturated heterocycles. The Labute approximate surface area is 197 Å². The summed E-state index contributed by atoms with van der Waals surface area (Å²) in [5.41, 5.74) is -0.328. The van der Waals surface area contributed by atoms with Gasteiger partial charge in [-0.15, -0.1) is 0 Å². The quantitative estimate of drug-likeness (QED) is 0.458. The van der Waals surface area contributed by atoms with Gasteiger partial charge in [-0.25, -0.2) is 0 Å². The van der Waals surface area contributed by atoms with E-state index in [2.05, 4.69) is 13.8 Å². The zero-order valence-corrected chi connectivity index (χ0v) is 20.9. The highest BCUT2D eigenvalue weighted by atomic mass is 16.6.